The maximum absolute atomic E-state index is 12.6. The smallest absolute Gasteiger partial charge is 0.390 e. The van der Waals surface area contributed by atoms with Crippen LogP contribution in [0.5, 0.6) is 0 Å². The topological polar surface area (TPSA) is 176 Å². The first-order chi connectivity index (χ1) is 7.45. The molecule has 0 bridgehead atoms. The van der Waals surface area contributed by atoms with Crippen molar-refractivity contribution in [3.63, 3.8) is 0 Å². The van der Waals surface area contributed by atoms with Crippen LogP contribution in [0, 0.1) is 0 Å². The Kier molecular flexibility index (Phi) is 8.67. The first-order valence-electron chi connectivity index (χ1n) is 4.06. The van der Waals surface area contributed by atoms with Gasteiger partial charge in [-0.15, -0.1) is 0 Å². The molecule has 0 aliphatic heterocycles. The molecule has 0 saturated carbocycles. The van der Waals surface area contributed by atoms with Gasteiger partial charge in [0.05, 0.1) is 6.10 Å². The van der Waals surface area contributed by atoms with Gasteiger partial charge in [-0.25, -0.2) is 8.96 Å². The van der Waals surface area contributed by atoms with Crippen molar-refractivity contribution in [1.82, 2.24) is 0 Å². The quantitative estimate of drug-likeness (QED) is 0.204. The van der Waals surface area contributed by atoms with Crippen LogP contribution in [0.3, 0.4) is 0 Å². The van der Waals surface area contributed by atoms with Crippen molar-refractivity contribution < 1.29 is 48.9 Å². The summed E-state index contributed by atoms with van der Waals surface area (Å²) in [6.07, 6.45) is -4.15. The minimum absolute atomic E-state index is 0.265. The number of hydrogen-bond acceptors (Lipinski definition) is 6. The van der Waals surface area contributed by atoms with Crippen LogP contribution in [-0.2, 0) is 9.36 Å². The normalized spacial score (nSPS) is 18.4. The number of carbonyl (C=O) groups is 1. The van der Waals surface area contributed by atoms with Gasteiger partial charge >= 0.3 is 7.82 Å². The fourth-order valence-corrected chi connectivity index (χ4v) is 0.616. The third kappa shape index (κ3) is 11.8. The summed E-state index contributed by atoms with van der Waals surface area (Å²) in [6.45, 7) is -1.34. The predicted molar refractivity (Wildman–Crippen MR) is 50.1 cm³/mol. The molecule has 0 aliphatic carbocycles. The highest BCUT2D eigenvalue weighted by molar-refractivity contribution is 7.45. The van der Waals surface area contributed by atoms with Crippen molar-refractivity contribution in [2.24, 2.45) is 0 Å². The molecular formula is C6H14FO9P. The molecule has 0 aromatic carbocycles. The van der Waals surface area contributed by atoms with E-state index >= 15 is 0 Å². The molecule has 2 unspecified atom stereocenters. The molecule has 7 N–H and O–H groups in total. The highest BCUT2D eigenvalue weighted by atomic mass is 31.2. The van der Waals surface area contributed by atoms with Gasteiger partial charge in [0.2, 0.25) is 0 Å². The lowest BCUT2D eigenvalue weighted by Crippen LogP contribution is -2.48. The molecule has 9 nitrogen and oxygen atoms in total. The number of halogens is 1. The second-order valence-corrected chi connectivity index (χ2v) is 3.93. The molecule has 0 aliphatic rings. The molecular weight excluding hydrogens is 266 g/mol. The minimum atomic E-state index is -4.64. The zero-order valence-corrected chi connectivity index (χ0v) is 9.31. The van der Waals surface area contributed by atoms with Gasteiger partial charge in [-0.05, 0) is 0 Å². The van der Waals surface area contributed by atoms with Crippen LogP contribution < -0.4 is 0 Å². The van der Waals surface area contributed by atoms with Crippen molar-refractivity contribution in [1.29, 1.82) is 0 Å². The van der Waals surface area contributed by atoms with Crippen LogP contribution in [0.25, 0.3) is 0 Å². The van der Waals surface area contributed by atoms with E-state index in [-0.39, 0.29) is 6.29 Å². The van der Waals surface area contributed by atoms with E-state index in [0.29, 0.717) is 0 Å². The number of aldehydes is 1. The molecule has 0 fully saturated rings. The Morgan fingerprint density at radius 2 is 1.65 bits per heavy atom. The monoisotopic (exact) mass is 280 g/mol. The average molecular weight is 280 g/mol. The number of rotatable bonds is 5. The van der Waals surface area contributed by atoms with E-state index in [1.165, 1.54) is 0 Å². The summed E-state index contributed by atoms with van der Waals surface area (Å²) in [7, 11) is -4.64. The lowest BCUT2D eigenvalue weighted by molar-refractivity contribution is -0.217. The molecule has 0 aromatic rings. The van der Waals surface area contributed by atoms with Crippen LogP contribution in [0.1, 0.15) is 6.42 Å². The summed E-state index contributed by atoms with van der Waals surface area (Å²) >= 11 is 0. The first kappa shape index (κ1) is 18.9. The molecule has 3 atom stereocenters. The van der Waals surface area contributed by atoms with E-state index in [4.69, 9.17) is 39.7 Å². The van der Waals surface area contributed by atoms with E-state index < -0.39 is 38.9 Å². The molecule has 0 radical (unpaired) electrons. The molecule has 11 heteroatoms. The molecule has 17 heavy (non-hydrogen) atoms. The second kappa shape index (κ2) is 7.80. The van der Waals surface area contributed by atoms with E-state index in [1.807, 2.05) is 0 Å². The van der Waals surface area contributed by atoms with Crippen molar-refractivity contribution >= 4 is 14.1 Å². The SMILES string of the molecule is O=CCC(O)C(O)[C@@](O)(F)CO.O=P(O)(O)O. The number of carbonyl (C=O) groups excluding carboxylic acids is 1. The van der Waals surface area contributed by atoms with Crippen molar-refractivity contribution in [3.05, 3.63) is 0 Å². The van der Waals surface area contributed by atoms with Crippen LogP contribution in [0.15, 0.2) is 0 Å². The van der Waals surface area contributed by atoms with Crippen molar-refractivity contribution in [2.75, 3.05) is 6.61 Å². The van der Waals surface area contributed by atoms with Crippen LogP contribution in [0.2, 0.25) is 0 Å². The van der Waals surface area contributed by atoms with Crippen LogP contribution in [-0.4, -0.2) is 66.1 Å². The summed E-state index contributed by atoms with van der Waals surface area (Å²) < 4.78 is 21.4. The number of hydrogen-bond donors (Lipinski definition) is 7. The average Bonchev–Trinajstić information content (AvgIpc) is 2.14. The summed E-state index contributed by atoms with van der Waals surface area (Å²) in [5, 5.41) is 34.3. The van der Waals surface area contributed by atoms with Gasteiger partial charge in [0.15, 0.2) is 0 Å². The van der Waals surface area contributed by atoms with Gasteiger partial charge in [0, 0.05) is 6.42 Å². The lowest BCUT2D eigenvalue weighted by Gasteiger charge is -2.25. The van der Waals surface area contributed by atoms with Gasteiger partial charge in [-0.1, -0.05) is 0 Å². The molecule has 0 heterocycles. The minimum Gasteiger partial charge on any atom is -0.390 e. The molecule has 0 aromatic heterocycles. The summed E-state index contributed by atoms with van der Waals surface area (Å²) in [4.78, 5) is 31.4. The Morgan fingerprint density at radius 1 is 1.29 bits per heavy atom. The van der Waals surface area contributed by atoms with Crippen molar-refractivity contribution in [3.8, 4) is 0 Å². The Bertz CT molecular complexity index is 256. The standard InChI is InChI=1S/C6H11FO5.H3O4P/c7-6(12,3-9)5(11)4(10)1-2-8;1-5(2,3)4/h2,4-5,9-12H,1,3H2;(H3,1,2,3,4)/t4?,5?,6-;/m1./s1. The Hall–Kier alpha value is -0.450. The summed E-state index contributed by atoms with van der Waals surface area (Å²) in [6, 6.07) is 0. The molecule has 0 rings (SSSR count). The highest BCUT2D eigenvalue weighted by Gasteiger charge is 2.39. The van der Waals surface area contributed by atoms with E-state index in [1.54, 1.807) is 0 Å². The Labute approximate surface area is 95.0 Å². The largest absolute Gasteiger partial charge is 0.466 e. The third-order valence-corrected chi connectivity index (χ3v) is 1.38. The first-order valence-corrected chi connectivity index (χ1v) is 5.62. The second-order valence-electron chi connectivity index (χ2n) is 2.90. The van der Waals surface area contributed by atoms with Gasteiger partial charge in [0.1, 0.15) is 19.0 Å². The fourth-order valence-electron chi connectivity index (χ4n) is 0.616. The lowest BCUT2D eigenvalue weighted by atomic mass is 10.0. The van der Waals surface area contributed by atoms with E-state index in [9.17, 15) is 9.18 Å². The number of alkyl halides is 1. The summed E-state index contributed by atoms with van der Waals surface area (Å²) in [5.41, 5.74) is 0. The zero-order chi connectivity index (χ0) is 14.3. The molecule has 0 saturated heterocycles. The maximum Gasteiger partial charge on any atom is 0.466 e. The fraction of sp³-hybridized carbons (Fsp3) is 0.833. The van der Waals surface area contributed by atoms with Gasteiger partial charge < -0.3 is 39.9 Å². The Morgan fingerprint density at radius 3 is 1.88 bits per heavy atom. The maximum atomic E-state index is 12.6. The third-order valence-electron chi connectivity index (χ3n) is 1.38. The van der Waals surface area contributed by atoms with Crippen LogP contribution in [0.4, 0.5) is 4.39 Å². The van der Waals surface area contributed by atoms with Gasteiger partial charge in [-0.3, -0.25) is 0 Å². The molecule has 0 amide bonds. The predicted octanol–water partition coefficient (Wildman–Crippen LogP) is -2.98. The number of aliphatic hydroxyl groups is 4. The number of phosphoric acid groups is 1. The molecule has 104 valence electrons. The van der Waals surface area contributed by atoms with Gasteiger partial charge in [0.25, 0.3) is 5.85 Å². The number of aliphatic hydroxyl groups excluding tert-OH is 3. The van der Waals surface area contributed by atoms with E-state index in [2.05, 4.69) is 0 Å². The van der Waals surface area contributed by atoms with Crippen LogP contribution >= 0.6 is 7.82 Å². The summed E-state index contributed by atoms with van der Waals surface area (Å²) in [5.74, 6) is -3.28. The highest BCUT2D eigenvalue weighted by Crippen LogP contribution is 2.25. The van der Waals surface area contributed by atoms with E-state index in [0.717, 1.165) is 0 Å². The van der Waals surface area contributed by atoms with Crippen molar-refractivity contribution in [2.45, 2.75) is 24.5 Å². The van der Waals surface area contributed by atoms with Gasteiger partial charge in [-0.2, -0.15) is 0 Å². The zero-order valence-electron chi connectivity index (χ0n) is 8.42. The Balaban J connectivity index is 0. The molecule has 0 spiro atoms.